The third kappa shape index (κ3) is 3.05. The van der Waals surface area contributed by atoms with Gasteiger partial charge in [0.1, 0.15) is 5.82 Å². The summed E-state index contributed by atoms with van der Waals surface area (Å²) in [6, 6.07) is 1.34. The number of anilines is 1. The van der Waals surface area contributed by atoms with Gasteiger partial charge in [-0.1, -0.05) is 0 Å². The molecule has 1 aromatic rings. The molecule has 1 rings (SSSR count). The molecule has 0 unspecified atom stereocenters. The van der Waals surface area contributed by atoms with Crippen LogP contribution in [0.25, 0.3) is 0 Å². The SMILES string of the molecule is CCS(=O)(=O)Nc1cc(I)c(F)cn1. The Bertz CT molecular complexity index is 435. The highest BCUT2D eigenvalue weighted by atomic mass is 127. The molecule has 0 radical (unpaired) electrons. The fraction of sp³-hybridized carbons (Fsp3) is 0.286. The molecule has 0 saturated carbocycles. The van der Waals surface area contributed by atoms with Crippen LogP contribution in [-0.4, -0.2) is 19.2 Å². The average Bonchev–Trinajstić information content (AvgIpc) is 2.11. The van der Waals surface area contributed by atoms with Crippen LogP contribution < -0.4 is 4.72 Å². The van der Waals surface area contributed by atoms with E-state index in [0.717, 1.165) is 6.20 Å². The molecule has 0 aliphatic carbocycles. The van der Waals surface area contributed by atoms with Gasteiger partial charge in [0.15, 0.2) is 5.82 Å². The lowest BCUT2D eigenvalue weighted by molar-refractivity contribution is 0.601. The Hall–Kier alpha value is -0.440. The minimum absolute atomic E-state index is 0.0391. The van der Waals surface area contributed by atoms with E-state index in [0.29, 0.717) is 3.57 Å². The third-order valence-corrected chi connectivity index (χ3v) is 3.56. The van der Waals surface area contributed by atoms with Crippen molar-refractivity contribution in [1.29, 1.82) is 0 Å². The van der Waals surface area contributed by atoms with Crippen LogP contribution in [0.3, 0.4) is 0 Å². The monoisotopic (exact) mass is 330 g/mol. The number of hydrogen-bond acceptors (Lipinski definition) is 3. The lowest BCUT2D eigenvalue weighted by Gasteiger charge is -2.04. The zero-order valence-electron chi connectivity index (χ0n) is 7.29. The van der Waals surface area contributed by atoms with Crippen LogP contribution >= 0.6 is 22.6 Å². The van der Waals surface area contributed by atoms with E-state index in [9.17, 15) is 12.8 Å². The molecular formula is C7H8FIN2O2S. The second-order valence-electron chi connectivity index (χ2n) is 2.49. The molecule has 0 aliphatic rings. The Morgan fingerprint density at radius 2 is 2.29 bits per heavy atom. The van der Waals surface area contributed by atoms with Gasteiger partial charge >= 0.3 is 0 Å². The Morgan fingerprint density at radius 3 is 2.79 bits per heavy atom. The van der Waals surface area contributed by atoms with Gasteiger partial charge in [0.2, 0.25) is 10.0 Å². The first kappa shape index (κ1) is 11.6. The number of aromatic nitrogens is 1. The smallest absolute Gasteiger partial charge is 0.233 e. The van der Waals surface area contributed by atoms with Crippen LogP contribution in [0.4, 0.5) is 10.2 Å². The fourth-order valence-electron chi connectivity index (χ4n) is 0.701. The standard InChI is InChI=1S/C7H8FIN2O2S/c1-2-14(12,13)11-7-3-6(9)5(8)4-10-7/h3-4H,2H2,1H3,(H,10,11). The molecule has 78 valence electrons. The number of halogens is 2. The Kier molecular flexibility index (Phi) is 3.65. The van der Waals surface area contributed by atoms with E-state index >= 15 is 0 Å². The van der Waals surface area contributed by atoms with Crippen LogP contribution in [-0.2, 0) is 10.0 Å². The summed E-state index contributed by atoms with van der Waals surface area (Å²) in [7, 11) is -3.34. The zero-order chi connectivity index (χ0) is 10.8. The van der Waals surface area contributed by atoms with E-state index in [2.05, 4.69) is 9.71 Å². The van der Waals surface area contributed by atoms with Crippen molar-refractivity contribution in [1.82, 2.24) is 4.98 Å². The second-order valence-corrected chi connectivity index (χ2v) is 5.66. The van der Waals surface area contributed by atoms with Gasteiger partial charge in [-0.25, -0.2) is 17.8 Å². The minimum atomic E-state index is -3.34. The first-order chi connectivity index (χ1) is 6.44. The Labute approximate surface area is 95.1 Å². The lowest BCUT2D eigenvalue weighted by Crippen LogP contribution is -2.15. The van der Waals surface area contributed by atoms with Crippen molar-refractivity contribution >= 4 is 38.4 Å². The van der Waals surface area contributed by atoms with E-state index < -0.39 is 15.8 Å². The summed E-state index contributed by atoms with van der Waals surface area (Å²) in [5, 5.41) is 0. The van der Waals surface area contributed by atoms with E-state index in [1.165, 1.54) is 13.0 Å². The van der Waals surface area contributed by atoms with E-state index in [4.69, 9.17) is 0 Å². The summed E-state index contributed by atoms with van der Waals surface area (Å²) >= 11 is 1.76. The highest BCUT2D eigenvalue weighted by Gasteiger charge is 2.09. The summed E-state index contributed by atoms with van der Waals surface area (Å²) in [5.74, 6) is -0.370. The summed E-state index contributed by atoms with van der Waals surface area (Å²) in [6.07, 6.45) is 0.981. The van der Waals surface area contributed by atoms with Crippen LogP contribution in [0.2, 0.25) is 0 Å². The fourth-order valence-corrected chi connectivity index (χ4v) is 1.71. The van der Waals surface area contributed by atoms with Crippen LogP contribution in [0.15, 0.2) is 12.3 Å². The molecule has 4 nitrogen and oxygen atoms in total. The van der Waals surface area contributed by atoms with Gasteiger partial charge in [-0.2, -0.15) is 0 Å². The minimum Gasteiger partial charge on any atom is -0.267 e. The number of hydrogen-bond donors (Lipinski definition) is 1. The number of nitrogens with zero attached hydrogens (tertiary/aromatic N) is 1. The van der Waals surface area contributed by atoms with Crippen molar-refractivity contribution in [2.45, 2.75) is 6.92 Å². The first-order valence-corrected chi connectivity index (χ1v) is 6.49. The van der Waals surface area contributed by atoms with Gasteiger partial charge in [0.25, 0.3) is 0 Å². The predicted octanol–water partition coefficient (Wildman–Crippen LogP) is 1.59. The van der Waals surface area contributed by atoms with Crippen LogP contribution in [0, 0.1) is 9.39 Å². The zero-order valence-corrected chi connectivity index (χ0v) is 10.3. The van der Waals surface area contributed by atoms with Crippen molar-refractivity contribution in [3.8, 4) is 0 Å². The largest absolute Gasteiger partial charge is 0.267 e. The maximum absolute atomic E-state index is 12.8. The highest BCUT2D eigenvalue weighted by Crippen LogP contribution is 2.14. The van der Waals surface area contributed by atoms with Gasteiger partial charge < -0.3 is 0 Å². The number of sulfonamides is 1. The molecule has 0 fully saturated rings. The van der Waals surface area contributed by atoms with E-state index in [1.54, 1.807) is 22.6 Å². The maximum atomic E-state index is 12.8. The summed E-state index contributed by atoms with van der Waals surface area (Å²) in [4.78, 5) is 3.60. The molecular weight excluding hydrogens is 322 g/mol. The molecule has 1 N–H and O–H groups in total. The quantitative estimate of drug-likeness (QED) is 0.857. The number of pyridine rings is 1. The Morgan fingerprint density at radius 1 is 1.64 bits per heavy atom. The maximum Gasteiger partial charge on any atom is 0.233 e. The van der Waals surface area contributed by atoms with Gasteiger partial charge in [0.05, 0.1) is 15.5 Å². The molecule has 0 saturated heterocycles. The van der Waals surface area contributed by atoms with Crippen molar-refractivity contribution < 1.29 is 12.8 Å². The van der Waals surface area contributed by atoms with Crippen molar-refractivity contribution in [2.24, 2.45) is 0 Å². The second kappa shape index (κ2) is 4.39. The predicted molar refractivity (Wildman–Crippen MR) is 60.0 cm³/mol. The summed E-state index contributed by atoms with van der Waals surface area (Å²) in [5.41, 5.74) is 0. The Balaban J connectivity index is 2.94. The van der Waals surface area contributed by atoms with Gasteiger partial charge in [-0.3, -0.25) is 4.72 Å². The molecule has 1 heterocycles. The van der Waals surface area contributed by atoms with Crippen molar-refractivity contribution in [2.75, 3.05) is 10.5 Å². The molecule has 14 heavy (non-hydrogen) atoms. The lowest BCUT2D eigenvalue weighted by atomic mass is 10.4. The molecule has 0 spiro atoms. The molecule has 7 heteroatoms. The van der Waals surface area contributed by atoms with Gasteiger partial charge in [0, 0.05) is 0 Å². The molecule has 0 aliphatic heterocycles. The normalized spacial score (nSPS) is 11.4. The van der Waals surface area contributed by atoms with Crippen LogP contribution in [0.1, 0.15) is 6.92 Å². The van der Waals surface area contributed by atoms with Gasteiger partial charge in [-0.05, 0) is 35.6 Å². The number of nitrogens with one attached hydrogen (secondary N) is 1. The first-order valence-electron chi connectivity index (χ1n) is 3.76. The average molecular weight is 330 g/mol. The molecule has 0 atom stereocenters. The highest BCUT2D eigenvalue weighted by molar-refractivity contribution is 14.1. The summed E-state index contributed by atoms with van der Waals surface area (Å²) in [6.45, 7) is 1.51. The van der Waals surface area contributed by atoms with E-state index in [-0.39, 0.29) is 11.6 Å². The number of rotatable bonds is 3. The molecule has 1 aromatic heterocycles. The topological polar surface area (TPSA) is 59.1 Å². The third-order valence-electron chi connectivity index (χ3n) is 1.45. The molecule has 0 bridgehead atoms. The molecule has 0 amide bonds. The molecule has 0 aromatic carbocycles. The van der Waals surface area contributed by atoms with E-state index in [1.807, 2.05) is 0 Å². The summed E-state index contributed by atoms with van der Waals surface area (Å²) < 4.78 is 37.6. The van der Waals surface area contributed by atoms with Crippen molar-refractivity contribution in [3.05, 3.63) is 21.7 Å². The van der Waals surface area contributed by atoms with Crippen LogP contribution in [0.5, 0.6) is 0 Å². The van der Waals surface area contributed by atoms with Crippen molar-refractivity contribution in [3.63, 3.8) is 0 Å². The van der Waals surface area contributed by atoms with Gasteiger partial charge in [-0.15, -0.1) is 0 Å².